The van der Waals surface area contributed by atoms with Crippen molar-refractivity contribution in [2.75, 3.05) is 17.2 Å². The summed E-state index contributed by atoms with van der Waals surface area (Å²) in [6.07, 6.45) is 0. The summed E-state index contributed by atoms with van der Waals surface area (Å²) < 4.78 is 5.62. The largest absolute Gasteiger partial charge is 0.492 e. The summed E-state index contributed by atoms with van der Waals surface area (Å²) in [6, 6.07) is 15.4. The van der Waals surface area contributed by atoms with E-state index in [0.717, 1.165) is 22.7 Å². The van der Waals surface area contributed by atoms with Crippen LogP contribution in [-0.2, 0) is 0 Å². The predicted molar refractivity (Wildman–Crippen MR) is 107 cm³/mol. The molecule has 6 heteroatoms. The number of hydrogen-bond donors (Lipinski definition) is 2. The van der Waals surface area contributed by atoms with Gasteiger partial charge in [-0.25, -0.2) is 4.98 Å². The van der Waals surface area contributed by atoms with Crippen LogP contribution < -0.4 is 15.4 Å². The molecule has 1 heterocycles. The van der Waals surface area contributed by atoms with Crippen LogP contribution in [0.3, 0.4) is 0 Å². The summed E-state index contributed by atoms with van der Waals surface area (Å²) in [5.74, 6) is 0.602. The second-order valence-electron chi connectivity index (χ2n) is 5.81. The molecule has 0 atom stereocenters. The summed E-state index contributed by atoms with van der Waals surface area (Å²) in [6.45, 7) is 6.35. The van der Waals surface area contributed by atoms with E-state index in [1.54, 1.807) is 0 Å². The Bertz CT molecular complexity index is 921. The Labute approximate surface area is 157 Å². The molecular formula is C20H21N3O2S. The fourth-order valence-electron chi connectivity index (χ4n) is 2.54. The Morgan fingerprint density at radius 2 is 1.96 bits per heavy atom. The molecular weight excluding hydrogens is 346 g/mol. The first kappa shape index (κ1) is 17.9. The zero-order valence-electron chi connectivity index (χ0n) is 15.0. The van der Waals surface area contributed by atoms with Gasteiger partial charge in [0, 0.05) is 5.69 Å². The van der Waals surface area contributed by atoms with Crippen LogP contribution in [0.4, 0.5) is 16.5 Å². The molecule has 0 radical (unpaired) electrons. The van der Waals surface area contributed by atoms with E-state index in [9.17, 15) is 4.79 Å². The van der Waals surface area contributed by atoms with Gasteiger partial charge in [0.25, 0.3) is 5.91 Å². The number of nitrogens with one attached hydrogen (secondary N) is 2. The SMILES string of the molecule is CCOc1ccccc1Nc1nc(C)c(C(=O)Nc2cccc(C)c2)s1. The van der Waals surface area contributed by atoms with Gasteiger partial charge in [-0.05, 0) is 50.6 Å². The minimum atomic E-state index is -0.156. The van der Waals surface area contributed by atoms with E-state index in [2.05, 4.69) is 15.6 Å². The summed E-state index contributed by atoms with van der Waals surface area (Å²) in [5.41, 5.74) is 3.39. The van der Waals surface area contributed by atoms with Gasteiger partial charge in [-0.2, -0.15) is 0 Å². The van der Waals surface area contributed by atoms with Gasteiger partial charge >= 0.3 is 0 Å². The van der Waals surface area contributed by atoms with Gasteiger partial charge in [0.15, 0.2) is 5.13 Å². The Hall–Kier alpha value is -2.86. The smallest absolute Gasteiger partial charge is 0.267 e. The molecule has 0 saturated heterocycles. The molecule has 0 aliphatic carbocycles. The summed E-state index contributed by atoms with van der Waals surface area (Å²) in [7, 11) is 0. The number of aryl methyl sites for hydroxylation is 2. The van der Waals surface area contributed by atoms with E-state index in [1.807, 2.05) is 69.3 Å². The first-order chi connectivity index (χ1) is 12.6. The first-order valence-electron chi connectivity index (χ1n) is 8.41. The zero-order chi connectivity index (χ0) is 18.5. The maximum atomic E-state index is 12.6. The molecule has 0 bridgehead atoms. The number of amides is 1. The number of anilines is 3. The summed E-state index contributed by atoms with van der Waals surface area (Å²) >= 11 is 1.32. The van der Waals surface area contributed by atoms with Crippen molar-refractivity contribution in [3.05, 3.63) is 64.7 Å². The van der Waals surface area contributed by atoms with E-state index < -0.39 is 0 Å². The first-order valence-corrected chi connectivity index (χ1v) is 9.22. The number of hydrogen-bond acceptors (Lipinski definition) is 5. The maximum Gasteiger partial charge on any atom is 0.267 e. The minimum Gasteiger partial charge on any atom is -0.492 e. The van der Waals surface area contributed by atoms with Gasteiger partial charge < -0.3 is 15.4 Å². The highest BCUT2D eigenvalue weighted by molar-refractivity contribution is 7.17. The third kappa shape index (κ3) is 4.21. The van der Waals surface area contributed by atoms with Crippen LogP contribution in [0.1, 0.15) is 27.9 Å². The van der Waals surface area contributed by atoms with E-state index in [4.69, 9.17) is 4.74 Å². The van der Waals surface area contributed by atoms with Crippen LogP contribution in [0.5, 0.6) is 5.75 Å². The second kappa shape index (κ2) is 8.01. The van der Waals surface area contributed by atoms with Crippen LogP contribution in [0.2, 0.25) is 0 Å². The Morgan fingerprint density at radius 1 is 1.15 bits per heavy atom. The molecule has 0 aliphatic heterocycles. The zero-order valence-corrected chi connectivity index (χ0v) is 15.8. The lowest BCUT2D eigenvalue weighted by Crippen LogP contribution is -2.11. The molecule has 0 aliphatic rings. The Morgan fingerprint density at radius 3 is 2.73 bits per heavy atom. The van der Waals surface area contributed by atoms with Crippen molar-refractivity contribution in [1.82, 2.24) is 4.98 Å². The van der Waals surface area contributed by atoms with Crippen molar-refractivity contribution < 1.29 is 9.53 Å². The molecule has 5 nitrogen and oxygen atoms in total. The van der Waals surface area contributed by atoms with Crippen LogP contribution in [0.25, 0.3) is 0 Å². The highest BCUT2D eigenvalue weighted by Gasteiger charge is 2.16. The van der Waals surface area contributed by atoms with Crippen LogP contribution >= 0.6 is 11.3 Å². The molecule has 2 N–H and O–H groups in total. The van der Waals surface area contributed by atoms with Gasteiger partial charge in [0.2, 0.25) is 0 Å². The Kier molecular flexibility index (Phi) is 5.53. The molecule has 26 heavy (non-hydrogen) atoms. The third-order valence-corrected chi connectivity index (χ3v) is 4.78. The lowest BCUT2D eigenvalue weighted by atomic mass is 10.2. The molecule has 134 valence electrons. The maximum absolute atomic E-state index is 12.6. The van der Waals surface area contributed by atoms with E-state index >= 15 is 0 Å². The fourth-order valence-corrected chi connectivity index (χ4v) is 3.41. The third-order valence-electron chi connectivity index (χ3n) is 3.71. The molecule has 0 saturated carbocycles. The number of rotatable bonds is 6. The molecule has 0 fully saturated rings. The highest BCUT2D eigenvalue weighted by atomic mass is 32.1. The van der Waals surface area contributed by atoms with Crippen molar-refractivity contribution in [3.8, 4) is 5.75 Å². The van der Waals surface area contributed by atoms with Crippen molar-refractivity contribution in [2.24, 2.45) is 0 Å². The van der Waals surface area contributed by atoms with Gasteiger partial charge in [-0.15, -0.1) is 0 Å². The van der Waals surface area contributed by atoms with Crippen molar-refractivity contribution in [2.45, 2.75) is 20.8 Å². The predicted octanol–water partition coefficient (Wildman–Crippen LogP) is 5.15. The van der Waals surface area contributed by atoms with Crippen LogP contribution in [-0.4, -0.2) is 17.5 Å². The van der Waals surface area contributed by atoms with Gasteiger partial charge in [-0.3, -0.25) is 4.79 Å². The summed E-state index contributed by atoms with van der Waals surface area (Å²) in [5, 5.41) is 6.83. The molecule has 2 aromatic carbocycles. The van der Waals surface area contributed by atoms with Gasteiger partial charge in [-0.1, -0.05) is 35.6 Å². The standard InChI is InChI=1S/C20H21N3O2S/c1-4-25-17-11-6-5-10-16(17)23-20-21-14(3)18(26-20)19(24)22-15-9-7-8-13(2)12-15/h5-12H,4H2,1-3H3,(H,21,23)(H,22,24). The fraction of sp³-hybridized carbons (Fsp3) is 0.200. The second-order valence-corrected chi connectivity index (χ2v) is 6.81. The quantitative estimate of drug-likeness (QED) is 0.632. The van der Waals surface area contributed by atoms with Crippen molar-refractivity contribution in [3.63, 3.8) is 0 Å². The topological polar surface area (TPSA) is 63.2 Å². The van der Waals surface area contributed by atoms with Gasteiger partial charge in [0.1, 0.15) is 10.6 Å². The number of aromatic nitrogens is 1. The number of para-hydroxylation sites is 2. The number of ether oxygens (including phenoxy) is 1. The lowest BCUT2D eigenvalue weighted by Gasteiger charge is -2.09. The molecule has 0 spiro atoms. The average molecular weight is 367 g/mol. The number of benzene rings is 2. The monoisotopic (exact) mass is 367 g/mol. The number of thiazole rings is 1. The van der Waals surface area contributed by atoms with Crippen molar-refractivity contribution in [1.29, 1.82) is 0 Å². The average Bonchev–Trinajstić information content (AvgIpc) is 2.97. The molecule has 1 amide bonds. The number of carbonyl (C=O) groups excluding carboxylic acids is 1. The van der Waals surface area contributed by atoms with Crippen LogP contribution in [0, 0.1) is 13.8 Å². The minimum absolute atomic E-state index is 0.156. The van der Waals surface area contributed by atoms with Gasteiger partial charge in [0.05, 0.1) is 18.0 Å². The van der Waals surface area contributed by atoms with E-state index in [-0.39, 0.29) is 5.91 Å². The van der Waals surface area contributed by atoms with Crippen LogP contribution in [0.15, 0.2) is 48.5 Å². The lowest BCUT2D eigenvalue weighted by molar-refractivity contribution is 0.103. The summed E-state index contributed by atoms with van der Waals surface area (Å²) in [4.78, 5) is 17.7. The number of nitrogens with zero attached hydrogens (tertiary/aromatic N) is 1. The molecule has 3 aromatic rings. The van der Waals surface area contributed by atoms with Crippen molar-refractivity contribution >= 4 is 33.8 Å². The Balaban J connectivity index is 1.78. The number of carbonyl (C=O) groups is 1. The molecule has 0 unspecified atom stereocenters. The molecule has 3 rings (SSSR count). The van der Waals surface area contributed by atoms with E-state index in [0.29, 0.717) is 22.3 Å². The molecule has 1 aromatic heterocycles. The highest BCUT2D eigenvalue weighted by Crippen LogP contribution is 2.31. The van der Waals surface area contributed by atoms with E-state index in [1.165, 1.54) is 11.3 Å². The normalized spacial score (nSPS) is 10.4.